The first-order valence-electron chi connectivity index (χ1n) is 14.5. The van der Waals surface area contributed by atoms with Crippen LogP contribution in [0.5, 0.6) is 0 Å². The van der Waals surface area contributed by atoms with Crippen molar-refractivity contribution < 1.29 is 14.3 Å². The average Bonchev–Trinajstić information content (AvgIpc) is 3.45. The van der Waals surface area contributed by atoms with E-state index in [9.17, 15) is 15.2 Å². The zero-order valence-electron chi connectivity index (χ0n) is 25.3. The number of aromatic nitrogens is 4. The largest absolute Gasteiger partial charge is 0.435 e. The lowest BCUT2D eigenvalue weighted by molar-refractivity contribution is 0.112. The quantitative estimate of drug-likeness (QED) is 0.162. The highest BCUT2D eigenvalue weighted by molar-refractivity contribution is 5.91. The Morgan fingerprint density at radius 2 is 1.73 bits per heavy atom. The fraction of sp³-hybridized carbons (Fsp3) is 0.200. The van der Waals surface area contributed by atoms with Crippen molar-refractivity contribution in [3.8, 4) is 28.7 Å². The average molecular weight is 598 g/mol. The zero-order chi connectivity index (χ0) is 31.7. The lowest BCUT2D eigenvalue weighted by Gasteiger charge is -2.17. The molecule has 0 saturated carbocycles. The van der Waals surface area contributed by atoms with Crippen LogP contribution in [0.25, 0.3) is 44.7 Å². The van der Waals surface area contributed by atoms with Crippen molar-refractivity contribution >= 4 is 39.9 Å². The molecule has 1 unspecified atom stereocenters. The molecule has 3 aromatic carbocycles. The van der Waals surface area contributed by atoms with Gasteiger partial charge in [-0.15, -0.1) is 0 Å². The summed E-state index contributed by atoms with van der Waals surface area (Å²) in [6.07, 6.45) is 2.06. The Hall–Kier alpha value is -5.50. The number of benzene rings is 3. The summed E-state index contributed by atoms with van der Waals surface area (Å²) < 4.78 is 6.07. The number of carbonyl (C=O) groups excluding carboxylic acids is 1. The van der Waals surface area contributed by atoms with E-state index in [1.54, 1.807) is 19.2 Å². The molecule has 0 amide bonds. The number of carbonyl (C=O) groups is 1. The van der Waals surface area contributed by atoms with Crippen molar-refractivity contribution in [2.45, 2.75) is 40.3 Å². The number of nitriles is 1. The van der Waals surface area contributed by atoms with E-state index >= 15 is 0 Å². The molecule has 0 bridgehead atoms. The van der Waals surface area contributed by atoms with Crippen LogP contribution in [0.3, 0.4) is 0 Å². The molecular formula is C35H31N7O3. The number of fused-ring (bicyclic) bond motifs is 2. The molecule has 45 heavy (non-hydrogen) atoms. The first-order chi connectivity index (χ1) is 21.7. The summed E-state index contributed by atoms with van der Waals surface area (Å²) in [5, 5.41) is 25.8. The third-order valence-electron chi connectivity index (χ3n) is 7.68. The number of rotatable bonds is 9. The fourth-order valence-electron chi connectivity index (χ4n) is 5.46. The Morgan fingerprint density at radius 1 is 0.978 bits per heavy atom. The van der Waals surface area contributed by atoms with E-state index in [-0.39, 0.29) is 5.56 Å². The Labute approximate surface area is 259 Å². The number of oxazole rings is 1. The molecular weight excluding hydrogens is 566 g/mol. The summed E-state index contributed by atoms with van der Waals surface area (Å²) in [6, 6.07) is 19.2. The number of aldehydes is 1. The molecule has 0 aliphatic heterocycles. The molecule has 0 spiro atoms. The maximum Gasteiger partial charge on any atom is 0.227 e. The van der Waals surface area contributed by atoms with Gasteiger partial charge in [0.25, 0.3) is 0 Å². The van der Waals surface area contributed by atoms with Crippen LogP contribution in [0.1, 0.15) is 45.4 Å². The number of nitrogens with zero attached hydrogens (tertiary/aromatic N) is 5. The highest BCUT2D eigenvalue weighted by Gasteiger charge is 2.18. The second-order valence-corrected chi connectivity index (χ2v) is 11.1. The summed E-state index contributed by atoms with van der Waals surface area (Å²) in [5.74, 6) is 1.61. The Morgan fingerprint density at radius 3 is 2.49 bits per heavy atom. The maximum absolute atomic E-state index is 11.4. The van der Waals surface area contributed by atoms with Crippen LogP contribution in [-0.4, -0.2) is 44.0 Å². The minimum absolute atomic E-state index is 0.267. The smallest absolute Gasteiger partial charge is 0.227 e. The van der Waals surface area contributed by atoms with E-state index in [1.165, 1.54) is 6.07 Å². The molecule has 10 heteroatoms. The number of nitrogens with one attached hydrogen (secondary N) is 2. The van der Waals surface area contributed by atoms with Gasteiger partial charge in [0.2, 0.25) is 5.89 Å². The standard InChI is InChI=1S/C35H31N7O3/c1-19(44)15-37-16-24-13-30-32(38-17-24)34(40-22(4)39-30)41-29-10-6-8-27(21(29)3)26-7-5-9-28(20(26)2)35-42-31-12-23(18-43)11-25(14-36)33(31)45-35/h5-13,17-19,37,44H,15-16H2,1-4H3,(H,39,40,41). The Bertz CT molecular complexity index is 2130. The second kappa shape index (κ2) is 12.2. The minimum atomic E-state index is -0.429. The van der Waals surface area contributed by atoms with Crippen molar-refractivity contribution in [1.82, 2.24) is 25.3 Å². The lowest BCUT2D eigenvalue weighted by atomic mass is 9.93. The van der Waals surface area contributed by atoms with Gasteiger partial charge in [0.05, 0.1) is 17.2 Å². The molecule has 0 aliphatic carbocycles. The topological polar surface area (TPSA) is 150 Å². The molecule has 224 valence electrons. The number of hydrogen-bond donors (Lipinski definition) is 3. The van der Waals surface area contributed by atoms with Gasteiger partial charge in [0.15, 0.2) is 11.4 Å². The lowest BCUT2D eigenvalue weighted by Crippen LogP contribution is -2.23. The highest BCUT2D eigenvalue weighted by atomic mass is 16.3. The number of aliphatic hydroxyl groups is 1. The molecule has 0 saturated heterocycles. The van der Waals surface area contributed by atoms with Gasteiger partial charge in [0.1, 0.15) is 29.2 Å². The first-order valence-corrected chi connectivity index (χ1v) is 14.5. The number of anilines is 2. The van der Waals surface area contributed by atoms with Gasteiger partial charge in [-0.05, 0) is 85.8 Å². The van der Waals surface area contributed by atoms with Crippen LogP contribution in [0.4, 0.5) is 11.5 Å². The van der Waals surface area contributed by atoms with Crippen molar-refractivity contribution in [3.05, 3.63) is 94.4 Å². The summed E-state index contributed by atoms with van der Waals surface area (Å²) in [4.78, 5) is 30.0. The molecule has 3 aromatic heterocycles. The molecule has 6 rings (SSSR count). The van der Waals surface area contributed by atoms with Crippen molar-refractivity contribution in [2.24, 2.45) is 0 Å². The van der Waals surface area contributed by atoms with Crippen LogP contribution >= 0.6 is 0 Å². The second-order valence-electron chi connectivity index (χ2n) is 11.1. The SMILES string of the molecule is Cc1nc(Nc2cccc(-c3cccc(-c4nc5cc(C=O)cc(C#N)c5o4)c3C)c2C)c2ncc(CNCC(C)O)cc2n1. The zero-order valence-corrected chi connectivity index (χ0v) is 25.3. The van der Waals surface area contributed by atoms with Crippen LogP contribution in [0.2, 0.25) is 0 Å². The van der Waals surface area contributed by atoms with Crippen LogP contribution in [0, 0.1) is 32.1 Å². The van der Waals surface area contributed by atoms with Gasteiger partial charge < -0.3 is 20.2 Å². The number of hydrogen-bond acceptors (Lipinski definition) is 10. The minimum Gasteiger partial charge on any atom is -0.435 e. The normalized spacial score (nSPS) is 11.9. The molecule has 0 aliphatic rings. The van der Waals surface area contributed by atoms with Gasteiger partial charge >= 0.3 is 0 Å². The molecule has 0 fully saturated rings. The molecule has 0 radical (unpaired) electrons. The van der Waals surface area contributed by atoms with E-state index in [0.29, 0.717) is 59.1 Å². The van der Waals surface area contributed by atoms with Crippen molar-refractivity contribution in [1.29, 1.82) is 5.26 Å². The van der Waals surface area contributed by atoms with E-state index in [2.05, 4.69) is 55.7 Å². The summed E-state index contributed by atoms with van der Waals surface area (Å²) in [6.45, 7) is 8.73. The predicted octanol–water partition coefficient (Wildman–Crippen LogP) is 6.32. The molecule has 3 N–H and O–H groups in total. The van der Waals surface area contributed by atoms with Crippen molar-refractivity contribution in [3.63, 3.8) is 0 Å². The number of aryl methyl sites for hydroxylation is 1. The Balaban J connectivity index is 1.35. The van der Waals surface area contributed by atoms with Gasteiger partial charge in [-0.25, -0.2) is 15.0 Å². The number of pyridine rings is 1. The van der Waals surface area contributed by atoms with Gasteiger partial charge in [-0.2, -0.15) is 5.26 Å². The monoisotopic (exact) mass is 597 g/mol. The summed E-state index contributed by atoms with van der Waals surface area (Å²) in [5.41, 5.74) is 9.48. The molecule has 10 nitrogen and oxygen atoms in total. The van der Waals surface area contributed by atoms with Gasteiger partial charge in [0, 0.05) is 36.1 Å². The van der Waals surface area contributed by atoms with Crippen molar-refractivity contribution in [2.75, 3.05) is 11.9 Å². The number of aliphatic hydroxyl groups excluding tert-OH is 1. The van der Waals surface area contributed by atoms with E-state index < -0.39 is 6.10 Å². The maximum atomic E-state index is 11.4. The summed E-state index contributed by atoms with van der Waals surface area (Å²) >= 11 is 0. The van der Waals surface area contributed by atoms with E-state index in [4.69, 9.17) is 4.42 Å². The predicted molar refractivity (Wildman–Crippen MR) is 173 cm³/mol. The summed E-state index contributed by atoms with van der Waals surface area (Å²) in [7, 11) is 0. The molecule has 3 heterocycles. The van der Waals surface area contributed by atoms with E-state index in [1.807, 2.05) is 44.2 Å². The third kappa shape index (κ3) is 5.87. The van der Waals surface area contributed by atoms with Gasteiger partial charge in [-0.3, -0.25) is 9.78 Å². The fourth-order valence-corrected chi connectivity index (χ4v) is 5.46. The van der Waals surface area contributed by atoms with Gasteiger partial charge in [-0.1, -0.05) is 24.3 Å². The Kier molecular flexibility index (Phi) is 8.04. The highest BCUT2D eigenvalue weighted by Crippen LogP contribution is 2.37. The van der Waals surface area contributed by atoms with E-state index in [0.717, 1.165) is 44.6 Å². The van der Waals surface area contributed by atoms with Crippen LogP contribution in [0.15, 0.2) is 65.2 Å². The first kappa shape index (κ1) is 29.6. The van der Waals surface area contributed by atoms with Crippen LogP contribution < -0.4 is 10.6 Å². The van der Waals surface area contributed by atoms with Crippen LogP contribution in [-0.2, 0) is 6.54 Å². The molecule has 1 atom stereocenters. The molecule has 6 aromatic rings. The third-order valence-corrected chi connectivity index (χ3v) is 7.68.